The molecule has 3 aromatic carbocycles. The lowest BCUT2D eigenvalue weighted by Gasteiger charge is -2.25. The van der Waals surface area contributed by atoms with Gasteiger partial charge in [-0.25, -0.2) is 27.5 Å². The van der Waals surface area contributed by atoms with E-state index >= 15 is 0 Å². The number of benzene rings is 3. The summed E-state index contributed by atoms with van der Waals surface area (Å²) in [5.41, 5.74) is 0.0670. The van der Waals surface area contributed by atoms with Crippen LogP contribution < -0.4 is 4.90 Å². The zero-order chi connectivity index (χ0) is 30.6. The number of anilines is 1. The molecule has 12 nitrogen and oxygen atoms in total. The second-order valence-corrected chi connectivity index (χ2v) is 9.74. The fourth-order valence-corrected chi connectivity index (χ4v) is 5.17. The van der Waals surface area contributed by atoms with Crippen molar-refractivity contribution >= 4 is 34.8 Å². The summed E-state index contributed by atoms with van der Waals surface area (Å²) in [7, 11) is 0. The normalized spacial score (nSPS) is 21.1. The van der Waals surface area contributed by atoms with Crippen LogP contribution in [0.3, 0.4) is 0 Å². The Morgan fingerprint density at radius 3 is 2.23 bits per heavy atom. The Labute approximate surface area is 238 Å². The molecule has 1 saturated heterocycles. The van der Waals surface area contributed by atoms with E-state index in [4.69, 9.17) is 0 Å². The quantitative estimate of drug-likeness (QED) is 0.140. The lowest BCUT2D eigenvalue weighted by Crippen LogP contribution is -2.45. The van der Waals surface area contributed by atoms with E-state index in [0.29, 0.717) is 16.8 Å². The molecule has 3 aliphatic rings. The number of nitrogens with zero attached hydrogens (tertiary/aromatic N) is 7. The summed E-state index contributed by atoms with van der Waals surface area (Å²) in [6.07, 6.45) is 0.232. The van der Waals surface area contributed by atoms with Gasteiger partial charge in [-0.3, -0.25) is 29.5 Å². The van der Waals surface area contributed by atoms with Crippen LogP contribution in [0.4, 0.5) is 28.9 Å². The summed E-state index contributed by atoms with van der Waals surface area (Å²) in [6.45, 7) is -0.672. The first-order valence-corrected chi connectivity index (χ1v) is 12.6. The number of imide groups is 1. The van der Waals surface area contributed by atoms with Crippen molar-refractivity contribution in [2.75, 3.05) is 11.4 Å². The molecule has 0 aromatic heterocycles. The molecule has 3 heterocycles. The maximum Gasteiger partial charge on any atom is 0.269 e. The fourth-order valence-electron chi connectivity index (χ4n) is 5.17. The van der Waals surface area contributed by atoms with Crippen molar-refractivity contribution < 1.29 is 36.9 Å². The summed E-state index contributed by atoms with van der Waals surface area (Å²) >= 11 is 0. The third kappa shape index (κ3) is 4.56. The van der Waals surface area contributed by atoms with Crippen molar-refractivity contribution in [3.8, 4) is 0 Å². The van der Waals surface area contributed by atoms with E-state index in [1.54, 1.807) is 30.3 Å². The molecule has 218 valence electrons. The molecule has 0 aliphatic carbocycles. The number of hydrogen-bond donors (Lipinski definition) is 0. The lowest BCUT2D eigenvalue weighted by atomic mass is 9.98. The molecule has 3 aliphatic heterocycles. The average Bonchev–Trinajstić information content (AvgIpc) is 3.69. The van der Waals surface area contributed by atoms with Crippen molar-refractivity contribution in [1.82, 2.24) is 10.0 Å². The van der Waals surface area contributed by atoms with E-state index in [9.17, 15) is 42.1 Å². The van der Waals surface area contributed by atoms with Gasteiger partial charge in [0.25, 0.3) is 23.4 Å². The Bertz CT molecular complexity index is 1730. The van der Waals surface area contributed by atoms with Crippen LogP contribution in [0.25, 0.3) is 0 Å². The number of nitro benzene ring substituents is 1. The molecule has 6 rings (SSSR count). The van der Waals surface area contributed by atoms with Crippen LogP contribution in [0, 0.1) is 33.4 Å². The zero-order valence-electron chi connectivity index (χ0n) is 21.6. The molecule has 43 heavy (non-hydrogen) atoms. The summed E-state index contributed by atoms with van der Waals surface area (Å²) < 4.78 is 56.6. The van der Waals surface area contributed by atoms with Crippen LogP contribution in [-0.2, 0) is 14.4 Å². The Hall–Kier alpha value is -5.54. The molecule has 0 spiro atoms. The highest BCUT2D eigenvalue weighted by Crippen LogP contribution is 2.37. The Morgan fingerprint density at radius 1 is 0.953 bits per heavy atom. The van der Waals surface area contributed by atoms with Gasteiger partial charge in [0.05, 0.1) is 16.7 Å². The van der Waals surface area contributed by atoms with Crippen molar-refractivity contribution in [1.29, 1.82) is 0 Å². The van der Waals surface area contributed by atoms with E-state index in [1.807, 2.05) is 0 Å². The molecular formula is C27H17F4N7O5. The SMILES string of the molecule is O=C1[C@@H]2N=NN(CC(=O)N3N=C(c4ccccc4)C[C@H]3c3ccc([N+](=O)[O-])cc3)[C@H]2C(=O)N1c1c(F)c(F)cc(F)c1F. The first-order valence-electron chi connectivity index (χ1n) is 12.6. The maximum atomic E-state index is 14.5. The van der Waals surface area contributed by atoms with Crippen LogP contribution in [-0.4, -0.2) is 57.0 Å². The van der Waals surface area contributed by atoms with E-state index in [2.05, 4.69) is 15.4 Å². The number of amides is 3. The van der Waals surface area contributed by atoms with Crippen molar-refractivity contribution in [3.63, 3.8) is 0 Å². The number of halogens is 4. The highest BCUT2D eigenvalue weighted by Gasteiger charge is 2.57. The predicted octanol–water partition coefficient (Wildman–Crippen LogP) is 3.82. The van der Waals surface area contributed by atoms with Gasteiger partial charge in [-0.15, -0.1) is 0 Å². The minimum absolute atomic E-state index is 0.0387. The monoisotopic (exact) mass is 595 g/mol. The van der Waals surface area contributed by atoms with Gasteiger partial charge in [0.2, 0.25) is 0 Å². The Kier molecular flexibility index (Phi) is 6.67. The third-order valence-corrected chi connectivity index (χ3v) is 7.23. The van der Waals surface area contributed by atoms with Gasteiger partial charge >= 0.3 is 0 Å². The van der Waals surface area contributed by atoms with E-state index in [-0.39, 0.29) is 23.1 Å². The van der Waals surface area contributed by atoms with E-state index < -0.39 is 76.3 Å². The molecule has 3 amide bonds. The first-order chi connectivity index (χ1) is 20.6. The number of hydrogen-bond acceptors (Lipinski definition) is 9. The molecule has 0 radical (unpaired) electrons. The van der Waals surface area contributed by atoms with Crippen LogP contribution in [0.5, 0.6) is 0 Å². The van der Waals surface area contributed by atoms with Gasteiger partial charge in [-0.1, -0.05) is 47.7 Å². The van der Waals surface area contributed by atoms with Gasteiger partial charge in [0.15, 0.2) is 35.4 Å². The van der Waals surface area contributed by atoms with E-state index in [0.717, 1.165) is 10.0 Å². The second-order valence-electron chi connectivity index (χ2n) is 9.74. The molecule has 16 heteroatoms. The molecular weight excluding hydrogens is 578 g/mol. The van der Waals surface area contributed by atoms with E-state index in [1.165, 1.54) is 24.3 Å². The largest absolute Gasteiger partial charge is 0.271 e. The molecule has 0 bridgehead atoms. The minimum atomic E-state index is -1.95. The topological polar surface area (TPSA) is 141 Å². The fraction of sp³-hybridized carbons (Fsp3) is 0.185. The number of rotatable bonds is 6. The second kappa shape index (κ2) is 10.4. The molecule has 0 N–H and O–H groups in total. The van der Waals surface area contributed by atoms with Gasteiger partial charge in [0.1, 0.15) is 12.2 Å². The summed E-state index contributed by atoms with van der Waals surface area (Å²) in [5, 5.41) is 24.9. The lowest BCUT2D eigenvalue weighted by molar-refractivity contribution is -0.384. The highest BCUT2D eigenvalue weighted by atomic mass is 19.2. The standard InChI is InChI=1S/C27H17F4N7O5/c28-16-10-17(29)22(31)24(21(16)30)36-26(40)23-25(27(36)41)35(34-32-23)12-20(39)37-19(14-6-8-15(9-7-14)38(42)43)11-18(33-37)13-4-2-1-3-5-13/h1-10,19,23,25H,11-12H2/t19-,23+,25+/m0/s1. The number of non-ortho nitro benzene ring substituents is 1. The van der Waals surface area contributed by atoms with Gasteiger partial charge in [0, 0.05) is 24.6 Å². The summed E-state index contributed by atoms with van der Waals surface area (Å²) in [6, 6.07) is 10.4. The van der Waals surface area contributed by atoms with Crippen molar-refractivity contribution in [3.05, 3.63) is 105 Å². The molecule has 0 unspecified atom stereocenters. The Morgan fingerprint density at radius 2 is 1.60 bits per heavy atom. The smallest absolute Gasteiger partial charge is 0.269 e. The van der Waals surface area contributed by atoms with Gasteiger partial charge in [-0.05, 0) is 11.1 Å². The Balaban J connectivity index is 1.28. The molecule has 3 aromatic rings. The number of carbonyl (C=O) groups is 3. The van der Waals surface area contributed by atoms with Crippen LogP contribution in [0.2, 0.25) is 0 Å². The third-order valence-electron chi connectivity index (χ3n) is 7.23. The van der Waals surface area contributed by atoms with Crippen LogP contribution in [0.1, 0.15) is 23.6 Å². The minimum Gasteiger partial charge on any atom is -0.271 e. The summed E-state index contributed by atoms with van der Waals surface area (Å²) in [4.78, 5) is 50.2. The number of hydrazone groups is 1. The summed E-state index contributed by atoms with van der Waals surface area (Å²) in [5.74, 6) is -10.8. The highest BCUT2D eigenvalue weighted by molar-refractivity contribution is 6.25. The maximum absolute atomic E-state index is 14.5. The van der Waals surface area contributed by atoms with Crippen LogP contribution >= 0.6 is 0 Å². The van der Waals surface area contributed by atoms with Gasteiger partial charge in [-0.2, -0.15) is 10.2 Å². The zero-order valence-corrected chi connectivity index (χ0v) is 21.6. The first kappa shape index (κ1) is 27.6. The van der Waals surface area contributed by atoms with Crippen LogP contribution in [0.15, 0.2) is 76.1 Å². The molecule has 0 saturated carbocycles. The predicted molar refractivity (Wildman–Crippen MR) is 138 cm³/mol. The van der Waals surface area contributed by atoms with Crippen molar-refractivity contribution in [2.45, 2.75) is 24.5 Å². The van der Waals surface area contributed by atoms with Gasteiger partial charge < -0.3 is 0 Å². The van der Waals surface area contributed by atoms with Crippen molar-refractivity contribution in [2.24, 2.45) is 15.4 Å². The molecule has 3 atom stereocenters. The molecule has 1 fully saturated rings. The number of fused-ring (bicyclic) bond motifs is 1. The average molecular weight is 595 g/mol. The number of carbonyl (C=O) groups excluding carboxylic acids is 3. The number of nitro groups is 1.